The van der Waals surface area contributed by atoms with Gasteiger partial charge in [-0.2, -0.15) is 0 Å². The number of allylic oxidation sites excluding steroid dienone is 2. The van der Waals surface area contributed by atoms with Crippen molar-refractivity contribution in [2.45, 2.75) is 112 Å². The lowest BCUT2D eigenvalue weighted by Crippen LogP contribution is -2.17. The smallest absolute Gasteiger partial charge is 0.302 e. The molecule has 48 heavy (non-hydrogen) atoms. The van der Waals surface area contributed by atoms with Gasteiger partial charge in [-0.15, -0.1) is 0 Å². The molecule has 7 nitrogen and oxygen atoms in total. The molecule has 8 bridgehead atoms. The van der Waals surface area contributed by atoms with Crippen LogP contribution < -0.4 is 0 Å². The number of ketones is 1. The van der Waals surface area contributed by atoms with E-state index in [4.69, 9.17) is 14.7 Å². The summed E-state index contributed by atoms with van der Waals surface area (Å²) in [5, 5.41) is 0. The number of fused-ring (bicyclic) bond motifs is 8. The average molecular weight is 649 g/mol. The minimum atomic E-state index is -0.275. The van der Waals surface area contributed by atoms with Gasteiger partial charge in [0.1, 0.15) is 5.78 Å². The number of ether oxygens (including phenoxy) is 1. The van der Waals surface area contributed by atoms with Crippen LogP contribution in [0.1, 0.15) is 136 Å². The molecule has 0 spiro atoms. The van der Waals surface area contributed by atoms with Gasteiger partial charge in [0, 0.05) is 70.1 Å². The largest absolute Gasteiger partial charge is 0.466 e. The van der Waals surface area contributed by atoms with Crippen molar-refractivity contribution >= 4 is 51.0 Å². The van der Waals surface area contributed by atoms with Crippen molar-refractivity contribution in [2.75, 3.05) is 6.61 Å². The van der Waals surface area contributed by atoms with Crippen LogP contribution in [-0.2, 0) is 14.3 Å². The number of aromatic nitrogens is 4. The summed E-state index contributed by atoms with van der Waals surface area (Å²) in [4.78, 5) is 42.7. The summed E-state index contributed by atoms with van der Waals surface area (Å²) in [5.41, 5.74) is 15.0. The molecule has 0 radical (unpaired) electrons. The quantitative estimate of drug-likeness (QED) is 0.150. The minimum absolute atomic E-state index is 0.0169. The highest BCUT2D eigenvalue weighted by atomic mass is 16.5. The molecule has 2 N–H and O–H groups in total. The van der Waals surface area contributed by atoms with Crippen molar-refractivity contribution in [3.8, 4) is 0 Å². The summed E-state index contributed by atoms with van der Waals surface area (Å²) in [7, 11) is 0. The van der Waals surface area contributed by atoms with E-state index in [1.54, 1.807) is 0 Å². The third-order valence-corrected chi connectivity index (χ3v) is 10.5. The number of aromatic amines is 2. The van der Waals surface area contributed by atoms with E-state index in [2.05, 4.69) is 89.3 Å². The number of carbonyl (C=O) groups is 2. The maximum absolute atomic E-state index is 13.6. The van der Waals surface area contributed by atoms with Gasteiger partial charge in [0.25, 0.3) is 0 Å². The third kappa shape index (κ3) is 7.11. The highest BCUT2D eigenvalue weighted by molar-refractivity contribution is 5.93. The lowest BCUT2D eigenvalue weighted by Gasteiger charge is -2.19. The number of Topliss-reactive ketones (excluding diaryl/α,β-unsaturated/α-hetero) is 1. The molecular weight excluding hydrogens is 596 g/mol. The maximum Gasteiger partial charge on any atom is 0.302 e. The van der Waals surface area contributed by atoms with E-state index in [0.29, 0.717) is 25.2 Å². The molecule has 2 aliphatic rings. The fourth-order valence-electron chi connectivity index (χ4n) is 7.54. The van der Waals surface area contributed by atoms with E-state index in [9.17, 15) is 9.59 Å². The fraction of sp³-hybridized carbons (Fsp3) is 0.463. The zero-order valence-electron chi connectivity index (χ0n) is 30.1. The van der Waals surface area contributed by atoms with Gasteiger partial charge in [0.2, 0.25) is 0 Å². The Balaban J connectivity index is 1.63. The second kappa shape index (κ2) is 14.9. The van der Waals surface area contributed by atoms with Crippen LogP contribution in [0.25, 0.3) is 39.3 Å². The number of hydrogen-bond acceptors (Lipinski definition) is 5. The lowest BCUT2D eigenvalue weighted by molar-refractivity contribution is -0.141. The van der Waals surface area contributed by atoms with Gasteiger partial charge in [-0.25, -0.2) is 4.98 Å². The van der Waals surface area contributed by atoms with Crippen molar-refractivity contribution in [3.05, 3.63) is 75.9 Å². The van der Waals surface area contributed by atoms with Gasteiger partial charge < -0.3 is 14.7 Å². The van der Waals surface area contributed by atoms with Crippen LogP contribution in [0.3, 0.4) is 0 Å². The molecular formula is C41H52N4O3. The number of carbonyl (C=O) groups excluding carboxylic acids is 2. The van der Waals surface area contributed by atoms with Gasteiger partial charge in [0.05, 0.1) is 18.0 Å². The predicted octanol–water partition coefficient (Wildman–Crippen LogP) is 10.2. The molecule has 254 valence electrons. The van der Waals surface area contributed by atoms with E-state index in [1.165, 1.54) is 18.1 Å². The Bertz CT molecular complexity index is 1920. The van der Waals surface area contributed by atoms with Crippen LogP contribution in [0.5, 0.6) is 0 Å². The number of H-pyrrole nitrogens is 2. The van der Waals surface area contributed by atoms with E-state index in [-0.39, 0.29) is 23.7 Å². The molecule has 7 heteroatoms. The number of nitrogens with zero attached hydrogens (tertiary/aromatic N) is 2. The Morgan fingerprint density at radius 1 is 0.938 bits per heavy atom. The normalized spacial score (nSPS) is 16.7. The first-order chi connectivity index (χ1) is 23.0. The summed E-state index contributed by atoms with van der Waals surface area (Å²) >= 11 is 0. The summed E-state index contributed by atoms with van der Waals surface area (Å²) in [6, 6.07) is 8.72. The van der Waals surface area contributed by atoms with E-state index in [1.807, 2.05) is 6.08 Å². The zero-order valence-corrected chi connectivity index (χ0v) is 30.1. The molecule has 1 unspecified atom stereocenters. The monoisotopic (exact) mass is 648 g/mol. The van der Waals surface area contributed by atoms with Crippen LogP contribution in [0, 0.1) is 26.7 Å². The van der Waals surface area contributed by atoms with E-state index < -0.39 is 0 Å². The summed E-state index contributed by atoms with van der Waals surface area (Å²) in [6.45, 7) is 21.1. The standard InChI is InChI=1S/C41H52N4O3/c1-10-14-29(15-13-18-48-28(9)46)40(47)17-16-32-26(7)37-21-35-24(5)31(12-3)39(43-35)22-36-25(6)30(11-2)38(44-36)20-33-23(4)19-34(42-33)27(8)41(32)45-37/h12,19-22,26,29,32,42-43H,3,10-11,13-18H2,1-2,4-9H3/t26-,29?,32-/m0/s1. The number of aryl methyl sites for hydroxylation is 3. The SMILES string of the molecule is C=Cc1c(C)c2cc3nc(c(C)c4cc(C)c(cc5nc(cc1[nH]2)C(C)=C5CC)[nH]4)[C@@H](CCC(=O)C(CCC)CCCOC(C)=O)[C@@H]3C. The molecule has 3 aromatic rings. The Hall–Kier alpha value is -4.26. The highest BCUT2D eigenvalue weighted by Gasteiger charge is 2.32. The van der Waals surface area contributed by atoms with Crippen LogP contribution in [-0.4, -0.2) is 38.3 Å². The van der Waals surface area contributed by atoms with Gasteiger partial charge in [0.15, 0.2) is 0 Å². The van der Waals surface area contributed by atoms with Gasteiger partial charge in [-0.1, -0.05) is 39.8 Å². The fourth-order valence-corrected chi connectivity index (χ4v) is 7.54. The second-order valence-electron chi connectivity index (χ2n) is 13.7. The second-order valence-corrected chi connectivity index (χ2v) is 13.7. The van der Waals surface area contributed by atoms with Gasteiger partial charge in [-0.3, -0.25) is 14.6 Å². The number of nitrogens with one attached hydrogen (secondary N) is 2. The van der Waals surface area contributed by atoms with Crippen molar-refractivity contribution in [1.82, 2.24) is 19.9 Å². The van der Waals surface area contributed by atoms with E-state index in [0.717, 1.165) is 99.2 Å². The Morgan fingerprint density at radius 2 is 1.65 bits per heavy atom. The molecule has 0 saturated heterocycles. The predicted molar refractivity (Wildman–Crippen MR) is 198 cm³/mol. The van der Waals surface area contributed by atoms with Gasteiger partial charge in [-0.05, 0) is 112 Å². The number of rotatable bonds is 12. The first kappa shape index (κ1) is 35.1. The maximum atomic E-state index is 13.6. The summed E-state index contributed by atoms with van der Waals surface area (Å²) < 4.78 is 5.14. The van der Waals surface area contributed by atoms with Crippen molar-refractivity contribution < 1.29 is 14.3 Å². The Labute approximate surface area is 285 Å². The molecule has 2 aliphatic heterocycles. The van der Waals surface area contributed by atoms with Crippen LogP contribution in [0.15, 0.2) is 30.8 Å². The molecule has 5 heterocycles. The third-order valence-electron chi connectivity index (χ3n) is 10.5. The van der Waals surface area contributed by atoms with E-state index >= 15 is 0 Å². The Kier molecular flexibility index (Phi) is 10.9. The molecule has 5 rings (SSSR count). The first-order valence-corrected chi connectivity index (χ1v) is 17.7. The van der Waals surface area contributed by atoms with Crippen molar-refractivity contribution in [2.24, 2.45) is 5.92 Å². The molecule has 0 amide bonds. The summed E-state index contributed by atoms with van der Waals surface area (Å²) in [5.74, 6) is 0.236. The summed E-state index contributed by atoms with van der Waals surface area (Å²) in [6.07, 6.45) is 7.30. The lowest BCUT2D eigenvalue weighted by atomic mass is 9.83. The average Bonchev–Trinajstić information content (AvgIpc) is 3.75. The Morgan fingerprint density at radius 3 is 2.33 bits per heavy atom. The molecule has 0 aromatic carbocycles. The number of esters is 1. The van der Waals surface area contributed by atoms with Gasteiger partial charge >= 0.3 is 5.97 Å². The number of hydrogen-bond donors (Lipinski definition) is 2. The molecule has 0 saturated carbocycles. The molecule has 3 aromatic heterocycles. The molecule has 0 aliphatic carbocycles. The molecule has 0 fully saturated rings. The highest BCUT2D eigenvalue weighted by Crippen LogP contribution is 2.42. The van der Waals surface area contributed by atoms with Crippen LogP contribution in [0.2, 0.25) is 0 Å². The van der Waals surface area contributed by atoms with Crippen LogP contribution in [0.4, 0.5) is 0 Å². The topological polar surface area (TPSA) is 101 Å². The zero-order chi connectivity index (χ0) is 34.7. The molecule has 3 atom stereocenters. The minimum Gasteiger partial charge on any atom is -0.466 e. The first-order valence-electron chi connectivity index (χ1n) is 17.7. The van der Waals surface area contributed by atoms with Crippen LogP contribution >= 0.6 is 0 Å². The van der Waals surface area contributed by atoms with Crippen molar-refractivity contribution in [3.63, 3.8) is 0 Å². The van der Waals surface area contributed by atoms with Crippen molar-refractivity contribution in [1.29, 1.82) is 0 Å².